The Morgan fingerprint density at radius 1 is 1.42 bits per heavy atom. The van der Waals surface area contributed by atoms with Crippen molar-refractivity contribution in [2.75, 3.05) is 14.2 Å². The van der Waals surface area contributed by atoms with E-state index in [4.69, 9.17) is 14.2 Å². The molecular weight excluding hydrogens is 312 g/mol. The smallest absolute Gasteiger partial charge is 0.342 e. The second-order valence-electron chi connectivity index (χ2n) is 5.90. The molecule has 1 atom stereocenters. The van der Waals surface area contributed by atoms with Crippen LogP contribution in [-0.4, -0.2) is 36.7 Å². The number of phenols is 1. The van der Waals surface area contributed by atoms with Crippen LogP contribution < -0.4 is 4.74 Å². The fourth-order valence-corrected chi connectivity index (χ4v) is 2.88. The molecule has 1 heterocycles. The van der Waals surface area contributed by atoms with E-state index in [1.54, 1.807) is 7.11 Å². The molecule has 6 heteroatoms. The van der Waals surface area contributed by atoms with E-state index in [1.165, 1.54) is 7.11 Å². The number of esters is 1. The Hall–Kier alpha value is -2.05. The number of ether oxygens (including phenoxy) is 3. The summed E-state index contributed by atoms with van der Waals surface area (Å²) in [5.74, 6) is -0.000117. The Morgan fingerprint density at radius 3 is 2.75 bits per heavy atom. The molecule has 0 aliphatic carbocycles. The molecule has 6 nitrogen and oxygen atoms in total. The summed E-state index contributed by atoms with van der Waals surface area (Å²) in [5, 5.41) is 19.9. The summed E-state index contributed by atoms with van der Waals surface area (Å²) < 4.78 is 15.3. The monoisotopic (exact) mass is 336 g/mol. The minimum atomic E-state index is -0.784. The number of phenolic OH excluding ortho intramolecular Hbond substituents is 1. The van der Waals surface area contributed by atoms with E-state index in [1.807, 2.05) is 19.9 Å². The number of fused-ring (bicyclic) bond motifs is 1. The van der Waals surface area contributed by atoms with E-state index in [-0.39, 0.29) is 17.9 Å². The standard InChI is InChI=1S/C18H24O6/c1-10(6-8-14(19)22-3)5-7-12-16(20)15-13(9-24-18(15)21)11(2)17(12)23-4/h5,14,19-20H,6-9H2,1-4H3/b10-5+. The van der Waals surface area contributed by atoms with Crippen LogP contribution in [0.1, 0.15) is 46.8 Å². The average Bonchev–Trinajstić information content (AvgIpc) is 2.96. The zero-order valence-electron chi connectivity index (χ0n) is 14.5. The number of carbonyl (C=O) groups is 1. The molecule has 1 unspecified atom stereocenters. The fraction of sp³-hybridized carbons (Fsp3) is 0.500. The molecule has 0 aromatic heterocycles. The number of cyclic esters (lactones) is 1. The number of benzene rings is 1. The minimum absolute atomic E-state index is 0.0732. The molecule has 2 N–H and O–H groups in total. The van der Waals surface area contributed by atoms with E-state index in [9.17, 15) is 15.0 Å². The maximum absolute atomic E-state index is 11.9. The zero-order valence-corrected chi connectivity index (χ0v) is 14.5. The first-order chi connectivity index (χ1) is 11.4. The van der Waals surface area contributed by atoms with Crippen LogP contribution in [0.2, 0.25) is 0 Å². The van der Waals surface area contributed by atoms with Crippen LogP contribution in [0, 0.1) is 6.92 Å². The van der Waals surface area contributed by atoms with Crippen LogP contribution >= 0.6 is 0 Å². The van der Waals surface area contributed by atoms with E-state index in [0.717, 1.165) is 11.1 Å². The number of rotatable bonds is 7. The summed E-state index contributed by atoms with van der Waals surface area (Å²) in [6, 6.07) is 0. The van der Waals surface area contributed by atoms with Crippen LogP contribution in [0.4, 0.5) is 0 Å². The normalized spacial score (nSPS) is 15.2. The van der Waals surface area contributed by atoms with Gasteiger partial charge < -0.3 is 24.4 Å². The first-order valence-corrected chi connectivity index (χ1v) is 7.85. The number of aliphatic hydroxyl groups excluding tert-OH is 1. The maximum atomic E-state index is 11.9. The lowest BCUT2D eigenvalue weighted by molar-refractivity contribution is -0.0777. The van der Waals surface area contributed by atoms with Crippen LogP contribution in [-0.2, 0) is 22.5 Å². The highest BCUT2D eigenvalue weighted by Gasteiger charge is 2.31. The second-order valence-corrected chi connectivity index (χ2v) is 5.90. The zero-order chi connectivity index (χ0) is 17.9. The summed E-state index contributed by atoms with van der Waals surface area (Å²) in [5.41, 5.74) is 3.35. The van der Waals surface area contributed by atoms with Crippen molar-refractivity contribution in [3.05, 3.63) is 33.9 Å². The molecule has 0 radical (unpaired) electrons. The topological polar surface area (TPSA) is 85.2 Å². The van der Waals surface area contributed by atoms with Crippen molar-refractivity contribution in [2.45, 2.75) is 46.0 Å². The minimum Gasteiger partial charge on any atom is -0.507 e. The van der Waals surface area contributed by atoms with Crippen molar-refractivity contribution in [1.29, 1.82) is 0 Å². The molecule has 0 amide bonds. The van der Waals surface area contributed by atoms with E-state index < -0.39 is 12.3 Å². The number of hydrogen-bond donors (Lipinski definition) is 2. The van der Waals surface area contributed by atoms with Gasteiger partial charge in [-0.1, -0.05) is 11.6 Å². The maximum Gasteiger partial charge on any atom is 0.342 e. The molecule has 1 aromatic rings. The van der Waals surface area contributed by atoms with Gasteiger partial charge in [-0.25, -0.2) is 4.79 Å². The fourth-order valence-electron chi connectivity index (χ4n) is 2.88. The van der Waals surface area contributed by atoms with Gasteiger partial charge in [0.05, 0.1) is 7.11 Å². The summed E-state index contributed by atoms with van der Waals surface area (Å²) in [6.07, 6.45) is 2.76. The molecule has 2 rings (SSSR count). The lowest BCUT2D eigenvalue weighted by atomic mass is 9.94. The first kappa shape index (κ1) is 18.3. The van der Waals surface area contributed by atoms with Crippen molar-refractivity contribution in [3.8, 4) is 11.5 Å². The number of aliphatic hydroxyl groups is 1. The number of hydrogen-bond acceptors (Lipinski definition) is 6. The first-order valence-electron chi connectivity index (χ1n) is 7.85. The van der Waals surface area contributed by atoms with Crippen LogP contribution in [0.25, 0.3) is 0 Å². The molecular formula is C18H24O6. The number of methoxy groups -OCH3 is 2. The van der Waals surface area contributed by atoms with Crippen molar-refractivity contribution in [2.24, 2.45) is 0 Å². The van der Waals surface area contributed by atoms with Crippen LogP contribution in [0.5, 0.6) is 11.5 Å². The van der Waals surface area contributed by atoms with Crippen LogP contribution in [0.3, 0.4) is 0 Å². The summed E-state index contributed by atoms with van der Waals surface area (Å²) in [6.45, 7) is 3.96. The van der Waals surface area contributed by atoms with Gasteiger partial charge in [0.25, 0.3) is 0 Å². The Bertz CT molecular complexity index is 662. The second kappa shape index (κ2) is 7.68. The quantitative estimate of drug-likeness (QED) is 0.452. The van der Waals surface area contributed by atoms with Gasteiger partial charge in [0.15, 0.2) is 6.29 Å². The van der Waals surface area contributed by atoms with Crippen molar-refractivity contribution >= 4 is 5.97 Å². The third kappa shape index (κ3) is 3.55. The highest BCUT2D eigenvalue weighted by atomic mass is 16.6. The van der Waals surface area contributed by atoms with Gasteiger partial charge in [-0.15, -0.1) is 0 Å². The molecule has 1 aromatic carbocycles. The summed E-state index contributed by atoms with van der Waals surface area (Å²) in [4.78, 5) is 11.9. The van der Waals surface area contributed by atoms with E-state index >= 15 is 0 Å². The molecule has 0 saturated carbocycles. The number of aromatic hydroxyl groups is 1. The lowest BCUT2D eigenvalue weighted by Gasteiger charge is -2.16. The van der Waals surface area contributed by atoms with Crippen molar-refractivity contribution in [1.82, 2.24) is 0 Å². The Labute approximate surface area is 141 Å². The van der Waals surface area contributed by atoms with Crippen molar-refractivity contribution < 1.29 is 29.2 Å². The third-order valence-electron chi connectivity index (χ3n) is 4.36. The highest BCUT2D eigenvalue weighted by molar-refractivity contribution is 5.98. The van der Waals surface area contributed by atoms with Gasteiger partial charge in [0.2, 0.25) is 0 Å². The molecule has 1 aliphatic heterocycles. The molecule has 24 heavy (non-hydrogen) atoms. The number of allylic oxidation sites excluding steroid dienone is 2. The Balaban J connectivity index is 2.29. The average molecular weight is 336 g/mol. The van der Waals surface area contributed by atoms with Gasteiger partial charge >= 0.3 is 5.97 Å². The number of carbonyl (C=O) groups excluding carboxylic acids is 1. The van der Waals surface area contributed by atoms with Gasteiger partial charge in [-0.3, -0.25) is 0 Å². The molecule has 0 saturated heterocycles. The molecule has 0 bridgehead atoms. The largest absolute Gasteiger partial charge is 0.507 e. The summed E-state index contributed by atoms with van der Waals surface area (Å²) in [7, 11) is 3.00. The molecule has 0 fully saturated rings. The van der Waals surface area contributed by atoms with Crippen LogP contribution in [0.15, 0.2) is 11.6 Å². The van der Waals surface area contributed by atoms with Gasteiger partial charge in [-0.2, -0.15) is 0 Å². The molecule has 132 valence electrons. The lowest BCUT2D eigenvalue weighted by Crippen LogP contribution is -2.08. The van der Waals surface area contributed by atoms with Gasteiger partial charge in [0, 0.05) is 24.7 Å². The predicted octanol–water partition coefficient (Wildman–Crippen LogP) is 2.61. The van der Waals surface area contributed by atoms with E-state index in [0.29, 0.717) is 36.1 Å². The predicted molar refractivity (Wildman–Crippen MR) is 88.2 cm³/mol. The van der Waals surface area contributed by atoms with Crippen molar-refractivity contribution in [3.63, 3.8) is 0 Å². The molecule has 1 aliphatic rings. The van der Waals surface area contributed by atoms with Gasteiger partial charge in [-0.05, 0) is 32.3 Å². The van der Waals surface area contributed by atoms with Gasteiger partial charge in [0.1, 0.15) is 23.7 Å². The summed E-state index contributed by atoms with van der Waals surface area (Å²) >= 11 is 0. The Kier molecular flexibility index (Phi) is 5.85. The highest BCUT2D eigenvalue weighted by Crippen LogP contribution is 2.42. The SMILES string of the molecule is COc1c(C)c2c(c(O)c1C/C=C(\C)CCC(O)OC)C(=O)OC2. The molecule has 0 spiro atoms. The Morgan fingerprint density at radius 2 is 2.12 bits per heavy atom. The van der Waals surface area contributed by atoms with E-state index in [2.05, 4.69) is 0 Å². The third-order valence-corrected chi connectivity index (χ3v) is 4.36.